The molecule has 2 aromatic carbocycles. The number of fused-ring (bicyclic) bond motifs is 1. The van der Waals surface area contributed by atoms with Gasteiger partial charge in [0.05, 0.1) is 4.90 Å². The molecule has 0 radical (unpaired) electrons. The number of nitrogens with zero attached hydrogens (tertiary/aromatic N) is 1. The van der Waals surface area contributed by atoms with Crippen LogP contribution in [0.5, 0.6) is 0 Å². The molecule has 0 bridgehead atoms. The van der Waals surface area contributed by atoms with Gasteiger partial charge in [0.1, 0.15) is 5.82 Å². The number of sulfonamides is 1. The number of carbonyl (C=O) groups excluding carboxylic acids is 1. The van der Waals surface area contributed by atoms with Crippen LogP contribution >= 0.6 is 0 Å². The first kappa shape index (κ1) is 17.4. The summed E-state index contributed by atoms with van der Waals surface area (Å²) in [5.74, 6) is -0.559. The summed E-state index contributed by atoms with van der Waals surface area (Å²) in [7, 11) is -3.87. The normalized spacial score (nSPS) is 14.1. The maximum atomic E-state index is 13.3. The fraction of sp³-hybridized carbons (Fsp3) is 0.278. The molecule has 132 valence electrons. The van der Waals surface area contributed by atoms with Gasteiger partial charge in [-0.2, -0.15) is 0 Å². The van der Waals surface area contributed by atoms with Gasteiger partial charge < -0.3 is 4.90 Å². The lowest BCUT2D eigenvalue weighted by Crippen LogP contribution is -2.34. The highest BCUT2D eigenvalue weighted by Crippen LogP contribution is 2.31. The van der Waals surface area contributed by atoms with Crippen molar-refractivity contribution in [3.05, 3.63) is 53.8 Å². The highest BCUT2D eigenvalue weighted by atomic mass is 32.2. The second kappa shape index (κ2) is 6.84. The summed E-state index contributed by atoms with van der Waals surface area (Å²) in [6, 6.07) is 9.97. The van der Waals surface area contributed by atoms with E-state index in [0.29, 0.717) is 18.7 Å². The number of hydrogen-bond donors (Lipinski definition) is 1. The zero-order valence-corrected chi connectivity index (χ0v) is 14.6. The van der Waals surface area contributed by atoms with Gasteiger partial charge in [-0.25, -0.2) is 12.8 Å². The zero-order valence-electron chi connectivity index (χ0n) is 13.8. The number of nitrogens with one attached hydrogen (secondary N) is 1. The predicted octanol–water partition coefficient (Wildman–Crippen LogP) is 3.32. The molecule has 3 rings (SSSR count). The van der Waals surface area contributed by atoms with Crippen molar-refractivity contribution < 1.29 is 17.6 Å². The van der Waals surface area contributed by atoms with E-state index in [2.05, 4.69) is 4.72 Å². The minimum atomic E-state index is -3.87. The van der Waals surface area contributed by atoms with Crippen LogP contribution < -0.4 is 9.62 Å². The van der Waals surface area contributed by atoms with E-state index in [1.165, 1.54) is 18.2 Å². The van der Waals surface area contributed by atoms with Crippen molar-refractivity contribution >= 4 is 27.3 Å². The summed E-state index contributed by atoms with van der Waals surface area (Å²) in [6.07, 6.45) is 2.03. The predicted molar refractivity (Wildman–Crippen MR) is 94.6 cm³/mol. The lowest BCUT2D eigenvalue weighted by Gasteiger charge is -2.29. The summed E-state index contributed by atoms with van der Waals surface area (Å²) < 4.78 is 40.6. The zero-order chi connectivity index (χ0) is 18.0. The van der Waals surface area contributed by atoms with Crippen molar-refractivity contribution in [1.82, 2.24) is 0 Å². The first-order valence-corrected chi connectivity index (χ1v) is 9.60. The topological polar surface area (TPSA) is 66.5 Å². The van der Waals surface area contributed by atoms with Crippen LogP contribution in [-0.4, -0.2) is 20.9 Å². The summed E-state index contributed by atoms with van der Waals surface area (Å²) in [5, 5.41) is 0. The molecular formula is C18H19FN2O3S. The number of hydrogen-bond acceptors (Lipinski definition) is 3. The smallest absolute Gasteiger partial charge is 0.261 e. The van der Waals surface area contributed by atoms with Gasteiger partial charge >= 0.3 is 0 Å². The van der Waals surface area contributed by atoms with Gasteiger partial charge in [0.25, 0.3) is 10.0 Å². The van der Waals surface area contributed by atoms with Gasteiger partial charge in [0, 0.05) is 24.3 Å². The van der Waals surface area contributed by atoms with Crippen LogP contribution in [0.15, 0.2) is 47.4 Å². The van der Waals surface area contributed by atoms with Crippen molar-refractivity contribution in [3.8, 4) is 0 Å². The summed E-state index contributed by atoms with van der Waals surface area (Å²) in [4.78, 5) is 13.6. The number of amides is 1. The van der Waals surface area contributed by atoms with Crippen LogP contribution in [0.1, 0.15) is 25.3 Å². The van der Waals surface area contributed by atoms with Crippen molar-refractivity contribution in [1.29, 1.82) is 0 Å². The van der Waals surface area contributed by atoms with Crippen molar-refractivity contribution in [2.45, 2.75) is 31.1 Å². The van der Waals surface area contributed by atoms with Crippen LogP contribution in [0, 0.1) is 5.82 Å². The van der Waals surface area contributed by atoms with Crippen molar-refractivity contribution in [2.75, 3.05) is 16.2 Å². The number of halogens is 1. The molecule has 1 aliphatic heterocycles. The Balaban J connectivity index is 1.89. The van der Waals surface area contributed by atoms with E-state index in [0.717, 1.165) is 30.2 Å². The first-order valence-electron chi connectivity index (χ1n) is 8.12. The second-order valence-corrected chi connectivity index (χ2v) is 7.59. The average Bonchev–Trinajstić information content (AvgIpc) is 2.60. The van der Waals surface area contributed by atoms with Crippen LogP contribution in [0.4, 0.5) is 15.8 Å². The molecule has 0 unspecified atom stereocenters. The van der Waals surface area contributed by atoms with E-state index in [1.54, 1.807) is 23.1 Å². The highest BCUT2D eigenvalue weighted by Gasteiger charge is 2.22. The first-order chi connectivity index (χ1) is 11.9. The Morgan fingerprint density at radius 1 is 1.24 bits per heavy atom. The molecule has 0 saturated carbocycles. The average molecular weight is 362 g/mol. The molecule has 2 aromatic rings. The SMILES string of the molecule is CCC(=O)N1CCCc2cc(NS(=O)(=O)c3cccc(F)c3)ccc21. The Morgan fingerprint density at radius 3 is 2.76 bits per heavy atom. The molecule has 0 aliphatic carbocycles. The molecule has 0 atom stereocenters. The Bertz CT molecular complexity index is 912. The van der Waals surface area contributed by atoms with Gasteiger partial charge in [0.2, 0.25) is 5.91 Å². The standard InChI is InChI=1S/C18H19FN2O3S/c1-2-18(22)21-10-4-5-13-11-15(8-9-17(13)21)20-25(23,24)16-7-3-6-14(19)12-16/h3,6-9,11-12,20H,2,4-5,10H2,1H3. The summed E-state index contributed by atoms with van der Waals surface area (Å²) in [5.41, 5.74) is 2.15. The highest BCUT2D eigenvalue weighted by molar-refractivity contribution is 7.92. The number of rotatable bonds is 4. The molecule has 0 fully saturated rings. The minimum absolute atomic E-state index is 0.0500. The lowest BCUT2D eigenvalue weighted by atomic mass is 10.0. The van der Waals surface area contributed by atoms with E-state index >= 15 is 0 Å². The maximum absolute atomic E-state index is 13.3. The molecule has 0 saturated heterocycles. The fourth-order valence-corrected chi connectivity index (χ4v) is 4.04. The molecule has 25 heavy (non-hydrogen) atoms. The minimum Gasteiger partial charge on any atom is -0.312 e. The Labute approximate surface area is 146 Å². The summed E-state index contributed by atoms with van der Waals surface area (Å²) >= 11 is 0. The Hall–Kier alpha value is -2.41. The van der Waals surface area contributed by atoms with E-state index in [4.69, 9.17) is 0 Å². The number of anilines is 2. The molecule has 5 nitrogen and oxygen atoms in total. The number of carbonyl (C=O) groups is 1. The van der Waals surface area contributed by atoms with E-state index < -0.39 is 15.8 Å². The molecule has 1 N–H and O–H groups in total. The van der Waals surface area contributed by atoms with Crippen LogP contribution in [0.25, 0.3) is 0 Å². The largest absolute Gasteiger partial charge is 0.312 e. The van der Waals surface area contributed by atoms with Crippen LogP contribution in [0.2, 0.25) is 0 Å². The third-order valence-corrected chi connectivity index (χ3v) is 5.54. The van der Waals surface area contributed by atoms with Crippen LogP contribution in [0.3, 0.4) is 0 Å². The molecule has 1 amide bonds. The monoisotopic (exact) mass is 362 g/mol. The van der Waals surface area contributed by atoms with Gasteiger partial charge in [-0.3, -0.25) is 9.52 Å². The van der Waals surface area contributed by atoms with Crippen molar-refractivity contribution in [3.63, 3.8) is 0 Å². The lowest BCUT2D eigenvalue weighted by molar-refractivity contribution is -0.118. The maximum Gasteiger partial charge on any atom is 0.261 e. The second-order valence-electron chi connectivity index (χ2n) is 5.91. The molecule has 1 aliphatic rings. The van der Waals surface area contributed by atoms with Gasteiger partial charge in [-0.15, -0.1) is 0 Å². The Kier molecular flexibility index (Phi) is 4.76. The van der Waals surface area contributed by atoms with E-state index in [9.17, 15) is 17.6 Å². The van der Waals surface area contributed by atoms with Gasteiger partial charge in [-0.1, -0.05) is 13.0 Å². The van der Waals surface area contributed by atoms with E-state index in [-0.39, 0.29) is 10.8 Å². The molecule has 0 spiro atoms. The fourth-order valence-electron chi connectivity index (χ4n) is 2.96. The van der Waals surface area contributed by atoms with Crippen LogP contribution in [-0.2, 0) is 21.2 Å². The molecule has 0 aromatic heterocycles. The molecule has 1 heterocycles. The quantitative estimate of drug-likeness (QED) is 0.907. The number of aryl methyl sites for hydroxylation is 1. The molecule has 7 heteroatoms. The molecular weight excluding hydrogens is 343 g/mol. The third-order valence-electron chi connectivity index (χ3n) is 4.16. The van der Waals surface area contributed by atoms with E-state index in [1.807, 2.05) is 6.92 Å². The Morgan fingerprint density at radius 2 is 2.04 bits per heavy atom. The summed E-state index contributed by atoms with van der Waals surface area (Å²) in [6.45, 7) is 2.49. The third kappa shape index (κ3) is 3.66. The van der Waals surface area contributed by atoms with Gasteiger partial charge in [-0.05, 0) is 54.8 Å². The number of benzene rings is 2. The van der Waals surface area contributed by atoms with Gasteiger partial charge in [0.15, 0.2) is 0 Å². The van der Waals surface area contributed by atoms with Crippen molar-refractivity contribution in [2.24, 2.45) is 0 Å².